The summed E-state index contributed by atoms with van der Waals surface area (Å²) in [5.41, 5.74) is 0.913. The van der Waals surface area contributed by atoms with E-state index in [0.29, 0.717) is 0 Å². The Labute approximate surface area is 123 Å². The van der Waals surface area contributed by atoms with Gasteiger partial charge in [-0.05, 0) is 25.1 Å². The predicted molar refractivity (Wildman–Crippen MR) is 76.4 cm³/mol. The van der Waals surface area contributed by atoms with Crippen molar-refractivity contribution < 1.29 is 17.7 Å². The lowest BCUT2D eigenvalue weighted by Crippen LogP contribution is -2.40. The van der Waals surface area contributed by atoms with E-state index in [4.69, 9.17) is 9.44 Å². The maximum absolute atomic E-state index is 12.2. The number of hydrogen-bond donors (Lipinski definition) is 1. The molecule has 6 heteroatoms. The number of aliphatic hydroxyl groups is 1. The summed E-state index contributed by atoms with van der Waals surface area (Å²) in [4.78, 5) is -0.0415. The van der Waals surface area contributed by atoms with Gasteiger partial charge in [0.1, 0.15) is 0 Å². The molecule has 2 unspecified atom stereocenters. The maximum Gasteiger partial charge on any atom is 0.299 e. The average molecular weight is 305 g/mol. The second-order valence-electron chi connectivity index (χ2n) is 4.82. The molecule has 0 spiro atoms. The summed E-state index contributed by atoms with van der Waals surface area (Å²) in [6, 6.07) is 8.02. The molecule has 21 heavy (non-hydrogen) atoms. The molecule has 110 valence electrons. The van der Waals surface area contributed by atoms with Crippen LogP contribution in [-0.2, 0) is 14.3 Å². The highest BCUT2D eigenvalue weighted by atomic mass is 32.2. The summed E-state index contributed by atoms with van der Waals surface area (Å²) >= 11 is 0. The van der Waals surface area contributed by atoms with Crippen molar-refractivity contribution in [2.24, 2.45) is 5.92 Å². The second kappa shape index (κ2) is 5.82. The minimum atomic E-state index is -4.13. The van der Waals surface area contributed by atoms with Gasteiger partial charge in [0, 0.05) is 12.3 Å². The van der Waals surface area contributed by atoms with Crippen molar-refractivity contribution in [3.05, 3.63) is 54.1 Å². The van der Waals surface area contributed by atoms with Crippen LogP contribution in [0, 0.1) is 24.2 Å². The number of nitriles is 1. The zero-order valence-corrected chi connectivity index (χ0v) is 12.2. The predicted octanol–water partition coefficient (Wildman–Crippen LogP) is 2.04. The summed E-state index contributed by atoms with van der Waals surface area (Å²) < 4.78 is 29.5. The van der Waals surface area contributed by atoms with E-state index in [1.165, 1.54) is 24.3 Å². The van der Waals surface area contributed by atoms with Crippen LogP contribution >= 0.6 is 0 Å². The van der Waals surface area contributed by atoms with E-state index in [0.717, 1.165) is 5.56 Å². The number of hydrogen-bond acceptors (Lipinski definition) is 5. The van der Waals surface area contributed by atoms with Crippen molar-refractivity contribution in [1.29, 1.82) is 5.26 Å². The van der Waals surface area contributed by atoms with E-state index < -0.39 is 21.8 Å². The quantitative estimate of drug-likeness (QED) is 0.679. The Morgan fingerprint density at radius 2 is 2.00 bits per heavy atom. The van der Waals surface area contributed by atoms with Gasteiger partial charge in [-0.1, -0.05) is 35.9 Å². The van der Waals surface area contributed by atoms with Gasteiger partial charge in [0.25, 0.3) is 10.1 Å². The molecule has 1 aliphatic carbocycles. The first-order valence-electron chi connectivity index (χ1n) is 6.35. The summed E-state index contributed by atoms with van der Waals surface area (Å²) in [6.45, 7) is 1.84. The molecule has 0 radical (unpaired) electrons. The first-order valence-corrected chi connectivity index (χ1v) is 7.76. The summed E-state index contributed by atoms with van der Waals surface area (Å²) in [5, 5.41) is 19.2. The van der Waals surface area contributed by atoms with Crippen molar-refractivity contribution >= 4 is 10.1 Å². The third-order valence-corrected chi connectivity index (χ3v) is 4.52. The van der Waals surface area contributed by atoms with Crippen molar-refractivity contribution in [3.8, 4) is 6.07 Å². The molecule has 1 aromatic rings. The van der Waals surface area contributed by atoms with Crippen molar-refractivity contribution in [1.82, 2.24) is 0 Å². The smallest absolute Gasteiger partial charge is 0.299 e. The van der Waals surface area contributed by atoms with Gasteiger partial charge >= 0.3 is 0 Å². The number of rotatable bonds is 4. The van der Waals surface area contributed by atoms with E-state index in [1.54, 1.807) is 24.3 Å². The van der Waals surface area contributed by atoms with Crippen LogP contribution in [0.2, 0.25) is 0 Å². The molecule has 0 amide bonds. The van der Waals surface area contributed by atoms with Gasteiger partial charge in [0.05, 0.1) is 11.0 Å². The standard InChI is InChI=1S/C15H15NO4S/c1-12-5-7-14(8-6-12)21(18,19)20-15(17)10-3-2-4-13(15)9-11-16/h2-8,10,13,17H,9H2,1H3. The molecule has 0 saturated heterocycles. The molecular formula is C15H15NO4S. The van der Waals surface area contributed by atoms with Crippen molar-refractivity contribution in [2.45, 2.75) is 24.0 Å². The molecule has 0 bridgehead atoms. The Hall–Kier alpha value is -1.94. The Morgan fingerprint density at radius 3 is 2.62 bits per heavy atom. The summed E-state index contributed by atoms with van der Waals surface area (Å²) in [7, 11) is -4.13. The Morgan fingerprint density at radius 1 is 1.33 bits per heavy atom. The fourth-order valence-corrected chi connectivity index (χ4v) is 3.08. The maximum atomic E-state index is 12.2. The molecule has 0 saturated carbocycles. The van der Waals surface area contributed by atoms with Crippen molar-refractivity contribution in [2.75, 3.05) is 0 Å². The average Bonchev–Trinajstić information content (AvgIpc) is 2.41. The van der Waals surface area contributed by atoms with Crippen LogP contribution in [0.1, 0.15) is 12.0 Å². The molecule has 2 atom stereocenters. The third kappa shape index (κ3) is 3.39. The van der Waals surface area contributed by atoms with Gasteiger partial charge in [-0.3, -0.25) is 0 Å². The first-order chi connectivity index (χ1) is 9.87. The number of aryl methyl sites for hydroxylation is 1. The molecule has 0 aliphatic heterocycles. The largest absolute Gasteiger partial charge is 0.361 e. The fraction of sp³-hybridized carbons (Fsp3) is 0.267. The Kier molecular flexibility index (Phi) is 4.28. The van der Waals surface area contributed by atoms with E-state index in [9.17, 15) is 13.5 Å². The van der Waals surface area contributed by atoms with Crippen LogP contribution < -0.4 is 0 Å². The monoisotopic (exact) mass is 305 g/mol. The lowest BCUT2D eigenvalue weighted by molar-refractivity contribution is -0.120. The summed E-state index contributed by atoms with van der Waals surface area (Å²) in [5.74, 6) is -2.79. The van der Waals surface area contributed by atoms with E-state index in [1.807, 2.05) is 13.0 Å². The van der Waals surface area contributed by atoms with E-state index in [2.05, 4.69) is 0 Å². The lowest BCUT2D eigenvalue weighted by atomic mass is 9.92. The fourth-order valence-electron chi connectivity index (χ4n) is 1.98. The van der Waals surface area contributed by atoms with E-state index >= 15 is 0 Å². The molecule has 5 nitrogen and oxygen atoms in total. The normalized spacial score (nSPS) is 24.7. The minimum absolute atomic E-state index is 0.0415. The van der Waals surface area contributed by atoms with Gasteiger partial charge in [0.15, 0.2) is 0 Å². The van der Waals surface area contributed by atoms with Crippen LogP contribution in [0.5, 0.6) is 0 Å². The zero-order chi connectivity index (χ0) is 15.5. The highest BCUT2D eigenvalue weighted by molar-refractivity contribution is 7.86. The van der Waals surface area contributed by atoms with Gasteiger partial charge in [-0.25, -0.2) is 4.18 Å². The SMILES string of the molecule is Cc1ccc(S(=O)(=O)OC2(O)C=CC=CC2CC#N)cc1. The van der Waals surface area contributed by atoms with E-state index in [-0.39, 0.29) is 11.3 Å². The number of benzene rings is 1. The molecule has 0 aromatic heterocycles. The van der Waals surface area contributed by atoms with Crippen LogP contribution in [0.15, 0.2) is 53.5 Å². The second-order valence-corrected chi connectivity index (χ2v) is 6.36. The van der Waals surface area contributed by atoms with Gasteiger partial charge in [-0.2, -0.15) is 13.7 Å². The third-order valence-electron chi connectivity index (χ3n) is 3.18. The van der Waals surface area contributed by atoms with Gasteiger partial charge < -0.3 is 5.11 Å². The molecule has 1 aromatic carbocycles. The molecule has 0 heterocycles. The Bertz CT molecular complexity index is 713. The first kappa shape index (κ1) is 15.4. The van der Waals surface area contributed by atoms with Crippen LogP contribution in [0.3, 0.4) is 0 Å². The number of allylic oxidation sites excluding steroid dienone is 2. The minimum Gasteiger partial charge on any atom is -0.361 e. The zero-order valence-electron chi connectivity index (χ0n) is 11.4. The van der Waals surface area contributed by atoms with Crippen LogP contribution in [-0.4, -0.2) is 19.3 Å². The summed E-state index contributed by atoms with van der Waals surface area (Å²) in [6.07, 6.45) is 5.85. The molecule has 0 fully saturated rings. The molecular weight excluding hydrogens is 290 g/mol. The lowest BCUT2D eigenvalue weighted by Gasteiger charge is -2.31. The molecule has 1 aliphatic rings. The number of nitrogens with zero attached hydrogens (tertiary/aromatic N) is 1. The highest BCUT2D eigenvalue weighted by Gasteiger charge is 2.40. The van der Waals surface area contributed by atoms with Gasteiger partial charge in [0.2, 0.25) is 5.79 Å². The van der Waals surface area contributed by atoms with Gasteiger partial charge in [-0.15, -0.1) is 0 Å². The van der Waals surface area contributed by atoms with Crippen LogP contribution in [0.25, 0.3) is 0 Å². The molecule has 2 rings (SSSR count). The molecule has 1 N–H and O–H groups in total. The Balaban J connectivity index is 2.30. The van der Waals surface area contributed by atoms with Crippen molar-refractivity contribution in [3.63, 3.8) is 0 Å². The highest BCUT2D eigenvalue weighted by Crippen LogP contribution is 2.32. The topological polar surface area (TPSA) is 87.4 Å². The van der Waals surface area contributed by atoms with Crippen LogP contribution in [0.4, 0.5) is 0 Å².